The van der Waals surface area contributed by atoms with Crippen LogP contribution in [0.2, 0.25) is 0 Å². The van der Waals surface area contributed by atoms with E-state index in [1.807, 2.05) is 0 Å². The fraction of sp³-hybridized carbons (Fsp3) is 0.529. The summed E-state index contributed by atoms with van der Waals surface area (Å²) < 4.78 is 5.19. The zero-order chi connectivity index (χ0) is 19.1. The highest BCUT2D eigenvalue weighted by molar-refractivity contribution is 5.98. The van der Waals surface area contributed by atoms with Crippen LogP contribution >= 0.6 is 0 Å². The third kappa shape index (κ3) is 5.16. The molecule has 1 aliphatic carbocycles. The minimum atomic E-state index is -1.02. The van der Waals surface area contributed by atoms with Gasteiger partial charge < -0.3 is 20.5 Å². The number of nitrogens with one attached hydrogen (secondary N) is 2. The Balaban J connectivity index is 2.09. The number of aliphatic hydroxyl groups is 1. The lowest BCUT2D eigenvalue weighted by Gasteiger charge is -2.18. The van der Waals surface area contributed by atoms with Crippen molar-refractivity contribution in [2.45, 2.75) is 44.8 Å². The van der Waals surface area contributed by atoms with Crippen LogP contribution in [0.1, 0.15) is 43.0 Å². The number of ether oxygens (including phenoxy) is 1. The molecule has 0 spiro atoms. The van der Waals surface area contributed by atoms with Crippen molar-refractivity contribution in [2.75, 3.05) is 18.5 Å². The molecule has 2 rings (SSSR count). The summed E-state index contributed by atoms with van der Waals surface area (Å²) >= 11 is 0. The van der Waals surface area contributed by atoms with Gasteiger partial charge in [0.05, 0.1) is 17.1 Å². The first kappa shape index (κ1) is 19.6. The number of aliphatic hydroxyl groups excluding tert-OH is 1. The quantitative estimate of drug-likeness (QED) is 0.362. The fourth-order valence-corrected chi connectivity index (χ4v) is 2.83. The summed E-state index contributed by atoms with van der Waals surface area (Å²) in [5, 5.41) is 25.5. The maximum atomic E-state index is 12.4. The molecule has 0 bridgehead atoms. The molecule has 26 heavy (non-hydrogen) atoms. The number of anilines is 1. The Morgan fingerprint density at radius 1 is 1.38 bits per heavy atom. The molecule has 142 valence electrons. The van der Waals surface area contributed by atoms with E-state index in [9.17, 15) is 19.7 Å². The molecule has 1 amide bonds. The average molecular weight is 365 g/mol. The highest BCUT2D eigenvalue weighted by Gasteiger charge is 2.25. The molecule has 1 fully saturated rings. The van der Waals surface area contributed by atoms with Crippen molar-refractivity contribution in [3.63, 3.8) is 0 Å². The molecular formula is C17H23N3O6. The van der Waals surface area contributed by atoms with Crippen LogP contribution in [0.25, 0.3) is 0 Å². The Bertz CT molecular complexity index is 672. The topological polar surface area (TPSA) is 131 Å². The lowest BCUT2D eigenvalue weighted by Crippen LogP contribution is -2.40. The Kier molecular flexibility index (Phi) is 6.90. The number of amides is 1. The van der Waals surface area contributed by atoms with Crippen molar-refractivity contribution in [3.05, 3.63) is 33.9 Å². The summed E-state index contributed by atoms with van der Waals surface area (Å²) in [7, 11) is 0. The van der Waals surface area contributed by atoms with E-state index in [0.29, 0.717) is 0 Å². The van der Waals surface area contributed by atoms with E-state index < -0.39 is 17.0 Å². The molecule has 3 N–H and O–H groups in total. The third-order valence-corrected chi connectivity index (χ3v) is 4.22. The van der Waals surface area contributed by atoms with Gasteiger partial charge in [0.2, 0.25) is 0 Å². The molecule has 1 saturated carbocycles. The summed E-state index contributed by atoms with van der Waals surface area (Å²) in [6.45, 7) is 1.45. The highest BCUT2D eigenvalue weighted by atomic mass is 16.6. The molecule has 9 nitrogen and oxygen atoms in total. The zero-order valence-electron chi connectivity index (χ0n) is 14.6. The van der Waals surface area contributed by atoms with Gasteiger partial charge in [-0.05, 0) is 25.8 Å². The molecule has 9 heteroatoms. The summed E-state index contributed by atoms with van der Waals surface area (Å²) in [5.74, 6) is -1.23. The number of non-ortho nitro benzene ring substituents is 1. The molecule has 1 aliphatic rings. The van der Waals surface area contributed by atoms with E-state index in [1.165, 1.54) is 19.1 Å². The van der Waals surface area contributed by atoms with Crippen LogP contribution in [0.5, 0.6) is 0 Å². The number of rotatable bonds is 8. The minimum absolute atomic E-state index is 0.0619. The van der Waals surface area contributed by atoms with Crippen LogP contribution in [0.3, 0.4) is 0 Å². The molecule has 0 radical (unpaired) electrons. The normalized spacial score (nSPS) is 15.3. The fourth-order valence-electron chi connectivity index (χ4n) is 2.83. The molecule has 0 heterocycles. The van der Waals surface area contributed by atoms with E-state index in [4.69, 9.17) is 9.84 Å². The number of nitro groups is 1. The SMILES string of the molecule is CC(OC(=O)c1cc([N+](=O)[O-])ccc1NCCO)C(=O)NC1CCCC1. The van der Waals surface area contributed by atoms with Gasteiger partial charge >= 0.3 is 5.97 Å². The molecule has 0 aliphatic heterocycles. The summed E-state index contributed by atoms with van der Waals surface area (Å²) in [6, 6.07) is 3.80. The molecule has 1 unspecified atom stereocenters. The van der Waals surface area contributed by atoms with Gasteiger partial charge in [-0.3, -0.25) is 14.9 Å². The standard InChI is InChI=1S/C17H23N3O6/c1-11(16(22)19-12-4-2-3-5-12)26-17(23)14-10-13(20(24)25)6-7-15(14)18-8-9-21/h6-7,10-12,18,21H,2-5,8-9H2,1H3,(H,19,22). The van der Waals surface area contributed by atoms with Gasteiger partial charge in [-0.15, -0.1) is 0 Å². The lowest BCUT2D eigenvalue weighted by molar-refractivity contribution is -0.384. The van der Waals surface area contributed by atoms with Gasteiger partial charge in [0.25, 0.3) is 11.6 Å². The van der Waals surface area contributed by atoms with Crippen molar-refractivity contribution in [3.8, 4) is 0 Å². The van der Waals surface area contributed by atoms with Crippen LogP contribution in [-0.2, 0) is 9.53 Å². The van der Waals surface area contributed by atoms with Gasteiger partial charge in [0.15, 0.2) is 6.10 Å². The molecule has 1 aromatic rings. The minimum Gasteiger partial charge on any atom is -0.449 e. The Labute approximate surface area is 150 Å². The first-order valence-electron chi connectivity index (χ1n) is 8.57. The van der Waals surface area contributed by atoms with E-state index in [-0.39, 0.29) is 42.0 Å². The van der Waals surface area contributed by atoms with Crippen molar-refractivity contribution >= 4 is 23.3 Å². The molecule has 1 aromatic carbocycles. The van der Waals surface area contributed by atoms with Crippen molar-refractivity contribution < 1.29 is 24.4 Å². The van der Waals surface area contributed by atoms with Crippen LogP contribution < -0.4 is 10.6 Å². The number of carbonyl (C=O) groups is 2. The van der Waals surface area contributed by atoms with Gasteiger partial charge in [-0.2, -0.15) is 0 Å². The first-order valence-corrected chi connectivity index (χ1v) is 8.57. The van der Waals surface area contributed by atoms with E-state index in [2.05, 4.69) is 10.6 Å². The predicted octanol–water partition coefficient (Wildman–Crippen LogP) is 1.60. The number of benzene rings is 1. The summed E-state index contributed by atoms with van der Waals surface area (Å²) in [6.07, 6.45) is 2.92. The first-order chi connectivity index (χ1) is 12.4. The van der Waals surface area contributed by atoms with Crippen molar-refractivity contribution in [2.24, 2.45) is 0 Å². The molecule has 0 saturated heterocycles. The number of hydrogen-bond acceptors (Lipinski definition) is 7. The maximum absolute atomic E-state index is 12.4. The second-order valence-electron chi connectivity index (χ2n) is 6.17. The van der Waals surface area contributed by atoms with E-state index >= 15 is 0 Å². The number of nitro benzene ring substituents is 1. The number of esters is 1. The van der Waals surface area contributed by atoms with Crippen LogP contribution in [0.4, 0.5) is 11.4 Å². The van der Waals surface area contributed by atoms with Gasteiger partial charge in [0.1, 0.15) is 0 Å². The van der Waals surface area contributed by atoms with E-state index in [1.54, 1.807) is 0 Å². The van der Waals surface area contributed by atoms with Gasteiger partial charge in [0, 0.05) is 30.4 Å². The highest BCUT2D eigenvalue weighted by Crippen LogP contribution is 2.23. The Morgan fingerprint density at radius 2 is 2.08 bits per heavy atom. The number of carbonyl (C=O) groups excluding carboxylic acids is 2. The Hall–Kier alpha value is -2.68. The largest absolute Gasteiger partial charge is 0.449 e. The average Bonchev–Trinajstić information content (AvgIpc) is 3.12. The summed E-state index contributed by atoms with van der Waals surface area (Å²) in [5.41, 5.74) is -0.0409. The lowest BCUT2D eigenvalue weighted by atomic mass is 10.1. The van der Waals surface area contributed by atoms with Crippen molar-refractivity contribution in [1.29, 1.82) is 0 Å². The maximum Gasteiger partial charge on any atom is 0.341 e. The monoisotopic (exact) mass is 365 g/mol. The molecule has 0 aromatic heterocycles. The number of nitrogens with zero attached hydrogens (tertiary/aromatic N) is 1. The second-order valence-corrected chi connectivity index (χ2v) is 6.17. The van der Waals surface area contributed by atoms with Gasteiger partial charge in [-0.1, -0.05) is 12.8 Å². The number of hydrogen-bond donors (Lipinski definition) is 3. The van der Waals surface area contributed by atoms with Crippen LogP contribution in [-0.4, -0.2) is 47.2 Å². The Morgan fingerprint density at radius 3 is 2.69 bits per heavy atom. The van der Waals surface area contributed by atoms with Gasteiger partial charge in [-0.25, -0.2) is 4.79 Å². The predicted molar refractivity (Wildman–Crippen MR) is 93.9 cm³/mol. The zero-order valence-corrected chi connectivity index (χ0v) is 14.6. The van der Waals surface area contributed by atoms with Crippen LogP contribution in [0.15, 0.2) is 18.2 Å². The molecule has 1 atom stereocenters. The second kappa shape index (κ2) is 9.14. The van der Waals surface area contributed by atoms with Crippen LogP contribution in [0, 0.1) is 10.1 Å². The smallest absolute Gasteiger partial charge is 0.341 e. The summed E-state index contributed by atoms with van der Waals surface area (Å²) in [4.78, 5) is 34.9. The molecular weight excluding hydrogens is 342 g/mol. The van der Waals surface area contributed by atoms with Crippen molar-refractivity contribution in [1.82, 2.24) is 5.32 Å². The third-order valence-electron chi connectivity index (χ3n) is 4.22. The van der Waals surface area contributed by atoms with E-state index in [0.717, 1.165) is 31.7 Å².